The molecule has 0 unspecified atom stereocenters. The summed E-state index contributed by atoms with van der Waals surface area (Å²) in [5.74, 6) is 0.163. The average molecular weight is 631 g/mol. The van der Waals surface area contributed by atoms with Gasteiger partial charge in [0.05, 0.1) is 32.8 Å². The minimum atomic E-state index is -0.742. The van der Waals surface area contributed by atoms with Crippen LogP contribution in [0.3, 0.4) is 0 Å². The normalized spacial score (nSPS) is 11.0. The number of urea groups is 1. The quantitative estimate of drug-likeness (QED) is 0.135. The Bertz CT molecular complexity index is 1400. The number of rotatable bonds is 15. The molecular formula is C31H36ClFN4O7. The van der Waals surface area contributed by atoms with E-state index in [1.165, 1.54) is 24.4 Å². The van der Waals surface area contributed by atoms with Gasteiger partial charge in [0.15, 0.2) is 0 Å². The Balaban J connectivity index is 1.35. The molecule has 1 heterocycles. The van der Waals surface area contributed by atoms with Crippen LogP contribution >= 0.6 is 11.6 Å². The fourth-order valence-electron chi connectivity index (χ4n) is 3.59. The van der Waals surface area contributed by atoms with Gasteiger partial charge >= 0.3 is 12.0 Å². The zero-order valence-corrected chi connectivity index (χ0v) is 25.5. The summed E-state index contributed by atoms with van der Waals surface area (Å²) in [6, 6.07) is 13.7. The van der Waals surface area contributed by atoms with Crippen molar-refractivity contribution in [1.82, 2.24) is 10.3 Å². The molecular weight excluding hydrogens is 595 g/mol. The summed E-state index contributed by atoms with van der Waals surface area (Å²) in [5, 5.41) is 8.32. The maximum Gasteiger partial charge on any atom is 0.323 e. The zero-order chi connectivity index (χ0) is 32.0. The van der Waals surface area contributed by atoms with Crippen LogP contribution in [0.25, 0.3) is 0 Å². The van der Waals surface area contributed by atoms with Crippen molar-refractivity contribution in [3.8, 4) is 11.5 Å². The standard InChI is InChI=1S/C31H36ClFN4O7/c1-31(2,3)44-28(38)11-14-41-16-17-42-15-13-35-29(39)27-19-25(10-12-34-27)43-24-7-4-22(5-8-24)36-30(40)37-23-6-9-26(32)21(18-23)20-33/h4-10,12,18-19H,11,13-17,20H2,1-3H3,(H,35,39)(H2,36,37,40). The van der Waals surface area contributed by atoms with Crippen LogP contribution in [-0.4, -0.2) is 61.5 Å². The highest BCUT2D eigenvalue weighted by Crippen LogP contribution is 2.24. The van der Waals surface area contributed by atoms with E-state index in [2.05, 4.69) is 20.9 Å². The van der Waals surface area contributed by atoms with Crippen LogP contribution in [0.4, 0.5) is 20.6 Å². The van der Waals surface area contributed by atoms with Gasteiger partial charge in [-0.05, 0) is 69.3 Å². The van der Waals surface area contributed by atoms with E-state index < -0.39 is 24.2 Å². The lowest BCUT2D eigenvalue weighted by Crippen LogP contribution is -2.28. The second-order valence-corrected chi connectivity index (χ2v) is 10.7. The Hall–Kier alpha value is -4.26. The molecule has 44 heavy (non-hydrogen) atoms. The van der Waals surface area contributed by atoms with Crippen LogP contribution in [0.5, 0.6) is 11.5 Å². The minimum Gasteiger partial charge on any atom is -0.460 e. The molecule has 0 aliphatic rings. The molecule has 0 atom stereocenters. The third kappa shape index (κ3) is 12.5. The van der Waals surface area contributed by atoms with E-state index in [1.807, 2.05) is 20.8 Å². The van der Waals surface area contributed by atoms with Gasteiger partial charge in [-0.25, -0.2) is 9.18 Å². The Morgan fingerprint density at radius 3 is 2.25 bits per heavy atom. The summed E-state index contributed by atoms with van der Waals surface area (Å²) < 4.78 is 34.8. The van der Waals surface area contributed by atoms with Crippen LogP contribution in [0.15, 0.2) is 60.8 Å². The van der Waals surface area contributed by atoms with E-state index in [9.17, 15) is 18.8 Å². The van der Waals surface area contributed by atoms with Crippen LogP contribution in [0.1, 0.15) is 43.2 Å². The summed E-state index contributed by atoms with van der Waals surface area (Å²) in [6.45, 7) is 6.09. The molecule has 1 aromatic heterocycles. The molecule has 0 fully saturated rings. The predicted octanol–water partition coefficient (Wildman–Crippen LogP) is 6.14. The number of amides is 3. The Morgan fingerprint density at radius 1 is 0.864 bits per heavy atom. The first kappa shape index (κ1) is 34.2. The van der Waals surface area contributed by atoms with Crippen LogP contribution in [0.2, 0.25) is 5.02 Å². The first-order chi connectivity index (χ1) is 21.0. The molecule has 0 saturated heterocycles. The molecule has 0 saturated carbocycles. The van der Waals surface area contributed by atoms with E-state index in [-0.39, 0.29) is 48.4 Å². The zero-order valence-electron chi connectivity index (χ0n) is 24.8. The van der Waals surface area contributed by atoms with Crippen molar-refractivity contribution in [2.45, 2.75) is 39.5 Å². The molecule has 11 nitrogen and oxygen atoms in total. The van der Waals surface area contributed by atoms with Crippen molar-refractivity contribution in [3.05, 3.63) is 77.1 Å². The van der Waals surface area contributed by atoms with Crippen molar-refractivity contribution in [2.75, 3.05) is 43.6 Å². The lowest BCUT2D eigenvalue weighted by molar-refractivity contribution is -0.156. The Kier molecular flexibility index (Phi) is 13.3. The van der Waals surface area contributed by atoms with Crippen LogP contribution < -0.4 is 20.7 Å². The maximum atomic E-state index is 13.0. The molecule has 3 rings (SSSR count). The highest BCUT2D eigenvalue weighted by molar-refractivity contribution is 6.31. The van der Waals surface area contributed by atoms with Gasteiger partial charge in [0.25, 0.3) is 5.91 Å². The number of hydrogen-bond donors (Lipinski definition) is 3. The number of halogens is 2. The van der Waals surface area contributed by atoms with Crippen molar-refractivity contribution in [1.29, 1.82) is 0 Å². The monoisotopic (exact) mass is 630 g/mol. The van der Waals surface area contributed by atoms with Crippen molar-refractivity contribution in [3.63, 3.8) is 0 Å². The Labute approximate surface area is 260 Å². The second-order valence-electron chi connectivity index (χ2n) is 10.3. The van der Waals surface area contributed by atoms with Crippen LogP contribution in [0, 0.1) is 0 Å². The number of nitrogens with zero attached hydrogens (tertiary/aromatic N) is 1. The highest BCUT2D eigenvalue weighted by Gasteiger charge is 2.15. The molecule has 0 spiro atoms. The number of alkyl halides is 1. The number of anilines is 2. The number of aromatic nitrogens is 1. The number of hydrogen-bond acceptors (Lipinski definition) is 8. The fraction of sp³-hybridized carbons (Fsp3) is 0.355. The van der Waals surface area contributed by atoms with Gasteiger partial charge in [-0.1, -0.05) is 11.6 Å². The van der Waals surface area contributed by atoms with Crippen molar-refractivity contribution >= 4 is 40.9 Å². The number of benzene rings is 2. The smallest absolute Gasteiger partial charge is 0.323 e. The summed E-state index contributed by atoms with van der Waals surface area (Å²) >= 11 is 5.90. The van der Waals surface area contributed by atoms with Gasteiger partial charge in [-0.15, -0.1) is 0 Å². The molecule has 13 heteroatoms. The molecule has 3 amide bonds. The number of carbonyl (C=O) groups excluding carboxylic acids is 3. The SMILES string of the molecule is CC(C)(C)OC(=O)CCOCCOCCNC(=O)c1cc(Oc2ccc(NC(=O)Nc3ccc(Cl)c(CF)c3)cc2)ccn1. The van der Waals surface area contributed by atoms with E-state index in [0.717, 1.165) is 0 Å². The third-order valence-electron chi connectivity index (χ3n) is 5.53. The second kappa shape index (κ2) is 17.1. The number of pyridine rings is 1. The number of esters is 1. The van der Waals surface area contributed by atoms with Gasteiger partial charge < -0.3 is 34.9 Å². The van der Waals surface area contributed by atoms with Gasteiger partial charge in [0.1, 0.15) is 29.5 Å². The first-order valence-electron chi connectivity index (χ1n) is 13.8. The molecule has 3 aromatic rings. The molecule has 236 valence electrons. The van der Waals surface area contributed by atoms with Gasteiger partial charge in [0.2, 0.25) is 0 Å². The summed E-state index contributed by atoms with van der Waals surface area (Å²) in [7, 11) is 0. The topological polar surface area (TPSA) is 137 Å². The molecule has 0 aliphatic heterocycles. The molecule has 2 aromatic carbocycles. The van der Waals surface area contributed by atoms with Gasteiger partial charge in [-0.3, -0.25) is 14.6 Å². The minimum absolute atomic E-state index is 0.168. The molecule has 0 bridgehead atoms. The lowest BCUT2D eigenvalue weighted by Gasteiger charge is -2.19. The predicted molar refractivity (Wildman–Crippen MR) is 164 cm³/mol. The lowest BCUT2D eigenvalue weighted by atomic mass is 10.2. The fourth-order valence-corrected chi connectivity index (χ4v) is 3.75. The van der Waals surface area contributed by atoms with E-state index in [1.54, 1.807) is 36.4 Å². The summed E-state index contributed by atoms with van der Waals surface area (Å²) in [4.78, 5) is 40.5. The Morgan fingerprint density at radius 2 is 1.55 bits per heavy atom. The van der Waals surface area contributed by atoms with Crippen molar-refractivity contribution < 1.29 is 37.7 Å². The molecule has 0 aliphatic carbocycles. The number of nitrogens with one attached hydrogen (secondary N) is 3. The van der Waals surface area contributed by atoms with E-state index in [4.69, 9.17) is 30.5 Å². The van der Waals surface area contributed by atoms with Crippen LogP contribution in [-0.2, 0) is 25.7 Å². The van der Waals surface area contributed by atoms with Crippen molar-refractivity contribution in [2.24, 2.45) is 0 Å². The summed E-state index contributed by atoms with van der Waals surface area (Å²) in [6.07, 6.45) is 1.63. The molecule has 0 radical (unpaired) electrons. The van der Waals surface area contributed by atoms with E-state index in [0.29, 0.717) is 36.1 Å². The molecule has 3 N–H and O–H groups in total. The maximum absolute atomic E-state index is 13.0. The number of carbonyl (C=O) groups is 3. The largest absolute Gasteiger partial charge is 0.460 e. The average Bonchev–Trinajstić information content (AvgIpc) is 2.97. The third-order valence-corrected chi connectivity index (χ3v) is 5.90. The summed E-state index contributed by atoms with van der Waals surface area (Å²) in [5.41, 5.74) is 0.832. The van der Waals surface area contributed by atoms with Gasteiger partial charge in [0, 0.05) is 40.8 Å². The first-order valence-corrected chi connectivity index (χ1v) is 14.2. The number of ether oxygens (including phenoxy) is 4. The highest BCUT2D eigenvalue weighted by atomic mass is 35.5. The van der Waals surface area contributed by atoms with Gasteiger partial charge in [-0.2, -0.15) is 0 Å². The van der Waals surface area contributed by atoms with E-state index >= 15 is 0 Å².